The number of carbonyl (C=O) groups excluding carboxylic acids is 1. The zero-order valence-electron chi connectivity index (χ0n) is 22.4. The summed E-state index contributed by atoms with van der Waals surface area (Å²) in [6.07, 6.45) is 6.46. The number of allylic oxidation sites excluding steroid dienone is 4. The van der Waals surface area contributed by atoms with Gasteiger partial charge in [0, 0.05) is 36.0 Å². The number of nitrogens with zero attached hydrogens (tertiary/aromatic N) is 1. The molecule has 1 aliphatic carbocycles. The topological polar surface area (TPSA) is 76.4 Å². The second-order valence-electron chi connectivity index (χ2n) is 10.1. The molecule has 6 nitrogen and oxygen atoms in total. The number of rotatable bonds is 7. The van der Waals surface area contributed by atoms with Crippen LogP contribution in [0.15, 0.2) is 88.2 Å². The van der Waals surface area contributed by atoms with E-state index in [4.69, 9.17) is 9.15 Å². The van der Waals surface area contributed by atoms with Gasteiger partial charge in [-0.05, 0) is 78.9 Å². The summed E-state index contributed by atoms with van der Waals surface area (Å²) in [5.41, 5.74) is 5.74. The fourth-order valence-corrected chi connectivity index (χ4v) is 4.13. The molecule has 2 aromatic carbocycles. The number of carbonyl (C=O) groups is 1. The largest absolute Gasteiger partial charge is 0.498 e. The molecule has 0 spiro atoms. The number of hydrogen-bond acceptors (Lipinski definition) is 5. The molecule has 0 saturated carbocycles. The van der Waals surface area contributed by atoms with Crippen molar-refractivity contribution in [2.45, 2.75) is 46.5 Å². The highest BCUT2D eigenvalue weighted by atomic mass is 16.5. The zero-order chi connectivity index (χ0) is 26.6. The molecule has 4 rings (SSSR count). The van der Waals surface area contributed by atoms with Crippen molar-refractivity contribution in [2.24, 2.45) is 0 Å². The molecule has 2 N–H and O–H groups in total. The molecule has 0 aliphatic heterocycles. The number of nitrogens with one attached hydrogen (secondary N) is 2. The van der Waals surface area contributed by atoms with Gasteiger partial charge in [-0.1, -0.05) is 39.0 Å². The second-order valence-corrected chi connectivity index (χ2v) is 10.1. The number of aromatic nitrogens is 1. The smallest absolute Gasteiger partial charge is 0.278 e. The van der Waals surface area contributed by atoms with Gasteiger partial charge < -0.3 is 19.8 Å². The van der Waals surface area contributed by atoms with E-state index in [1.54, 1.807) is 0 Å². The van der Waals surface area contributed by atoms with Crippen LogP contribution in [0.1, 0.15) is 57.1 Å². The molecule has 0 radical (unpaired) electrons. The van der Waals surface area contributed by atoms with Crippen molar-refractivity contribution < 1.29 is 13.9 Å². The first-order valence-corrected chi connectivity index (χ1v) is 12.6. The normalized spacial score (nSPS) is 13.7. The lowest BCUT2D eigenvalue weighted by atomic mass is 9.87. The molecular weight excluding hydrogens is 462 g/mol. The fraction of sp³-hybridized carbons (Fsp3) is 0.290. The molecular formula is C31H35N3O3. The maximum atomic E-state index is 13.5. The van der Waals surface area contributed by atoms with Crippen LogP contribution in [0.5, 0.6) is 0 Å². The summed E-state index contributed by atoms with van der Waals surface area (Å²) < 4.78 is 11.9. The van der Waals surface area contributed by atoms with E-state index in [9.17, 15) is 4.79 Å². The van der Waals surface area contributed by atoms with E-state index in [0.717, 1.165) is 28.1 Å². The van der Waals surface area contributed by atoms with Crippen LogP contribution in [0, 0.1) is 0 Å². The Morgan fingerprint density at radius 2 is 1.70 bits per heavy atom. The summed E-state index contributed by atoms with van der Waals surface area (Å²) in [5, 5.41) is 6.13. The Morgan fingerprint density at radius 1 is 1.03 bits per heavy atom. The highest BCUT2D eigenvalue weighted by molar-refractivity contribution is 5.99. The fourth-order valence-electron chi connectivity index (χ4n) is 4.13. The van der Waals surface area contributed by atoms with Crippen molar-refractivity contribution in [2.75, 3.05) is 19.0 Å². The molecule has 37 heavy (non-hydrogen) atoms. The van der Waals surface area contributed by atoms with Gasteiger partial charge in [-0.3, -0.25) is 4.79 Å². The Morgan fingerprint density at radius 3 is 2.32 bits per heavy atom. The van der Waals surface area contributed by atoms with Gasteiger partial charge in [-0.25, -0.2) is 4.98 Å². The first-order valence-electron chi connectivity index (χ1n) is 12.6. The van der Waals surface area contributed by atoms with Crippen molar-refractivity contribution in [3.63, 3.8) is 0 Å². The Labute approximate surface area is 219 Å². The molecule has 1 aromatic heterocycles. The lowest BCUT2D eigenvalue weighted by molar-refractivity contribution is 0.0963. The van der Waals surface area contributed by atoms with Gasteiger partial charge in [0.05, 0.1) is 6.61 Å². The van der Waals surface area contributed by atoms with Crippen LogP contribution < -0.4 is 10.6 Å². The minimum absolute atomic E-state index is 0.0371. The van der Waals surface area contributed by atoms with Crippen LogP contribution in [-0.2, 0) is 10.2 Å². The van der Waals surface area contributed by atoms with Gasteiger partial charge in [-0.2, -0.15) is 0 Å². The van der Waals surface area contributed by atoms with Crippen LogP contribution in [0.3, 0.4) is 0 Å². The molecule has 192 valence electrons. The summed E-state index contributed by atoms with van der Waals surface area (Å²) >= 11 is 0. The number of amides is 1. The molecule has 0 saturated heterocycles. The second kappa shape index (κ2) is 10.9. The predicted molar refractivity (Wildman–Crippen MR) is 149 cm³/mol. The van der Waals surface area contributed by atoms with Gasteiger partial charge in [0.25, 0.3) is 5.91 Å². The summed E-state index contributed by atoms with van der Waals surface area (Å²) in [6, 6.07) is 15.9. The third-order valence-corrected chi connectivity index (χ3v) is 6.16. The average molecular weight is 498 g/mol. The third-order valence-electron chi connectivity index (χ3n) is 6.16. The molecule has 1 heterocycles. The van der Waals surface area contributed by atoms with E-state index in [1.807, 2.05) is 75.5 Å². The standard InChI is InChI=1S/C31H35N3O3/c1-7-36-26-17-16-25(18-20(2)19-26)33-29(35)27-28(21-10-14-24(32-6)15-11-21)37-30(34-27)22-8-12-23(13-9-22)31(3,4)5/h8-16,18-19,32H,7,17H2,1-6H3,(H,33,35). The molecule has 0 unspecified atom stereocenters. The molecule has 1 aliphatic rings. The number of oxazole rings is 1. The molecule has 0 bridgehead atoms. The Kier molecular flexibility index (Phi) is 7.67. The molecule has 3 aromatic rings. The van der Waals surface area contributed by atoms with E-state index in [-0.39, 0.29) is 17.0 Å². The predicted octanol–water partition coefficient (Wildman–Crippen LogP) is 7.23. The van der Waals surface area contributed by atoms with Crippen molar-refractivity contribution in [1.82, 2.24) is 10.3 Å². The number of benzene rings is 2. The van der Waals surface area contributed by atoms with E-state index in [1.165, 1.54) is 5.56 Å². The third kappa shape index (κ3) is 6.20. The average Bonchev–Trinajstić information content (AvgIpc) is 3.25. The molecule has 1 amide bonds. The van der Waals surface area contributed by atoms with E-state index in [0.29, 0.717) is 30.4 Å². The van der Waals surface area contributed by atoms with Crippen LogP contribution in [0.2, 0.25) is 0 Å². The quantitative estimate of drug-likeness (QED) is 0.360. The van der Waals surface area contributed by atoms with Crippen molar-refractivity contribution >= 4 is 11.6 Å². The van der Waals surface area contributed by atoms with E-state index < -0.39 is 0 Å². The maximum Gasteiger partial charge on any atom is 0.278 e. The summed E-state index contributed by atoms with van der Waals surface area (Å²) in [6.45, 7) is 11.1. The molecule has 0 atom stereocenters. The maximum absolute atomic E-state index is 13.5. The Hall–Kier alpha value is -4.06. The zero-order valence-corrected chi connectivity index (χ0v) is 22.4. The van der Waals surface area contributed by atoms with Gasteiger partial charge >= 0.3 is 0 Å². The number of anilines is 1. The monoisotopic (exact) mass is 497 g/mol. The van der Waals surface area contributed by atoms with Crippen molar-refractivity contribution in [3.8, 4) is 22.8 Å². The summed E-state index contributed by atoms with van der Waals surface area (Å²) in [4.78, 5) is 18.2. The lowest BCUT2D eigenvalue weighted by Gasteiger charge is -2.18. The van der Waals surface area contributed by atoms with Crippen LogP contribution >= 0.6 is 0 Å². The first-order chi connectivity index (χ1) is 17.7. The van der Waals surface area contributed by atoms with Crippen molar-refractivity contribution in [3.05, 3.63) is 95.0 Å². The highest BCUT2D eigenvalue weighted by Crippen LogP contribution is 2.32. The van der Waals surface area contributed by atoms with Crippen LogP contribution in [0.25, 0.3) is 22.8 Å². The first kappa shape index (κ1) is 26.0. The van der Waals surface area contributed by atoms with Gasteiger partial charge in [0.15, 0.2) is 11.5 Å². The molecule has 0 fully saturated rings. The van der Waals surface area contributed by atoms with E-state index >= 15 is 0 Å². The molecule has 6 heteroatoms. The number of hydrogen-bond donors (Lipinski definition) is 2. The Balaban J connectivity index is 1.69. The SMILES string of the molecule is CCOC1=CC(C)=CC(NC(=O)c2nc(-c3ccc(C(C)(C)C)cc3)oc2-c2ccc(NC)cc2)=CC1. The number of ether oxygens (including phenoxy) is 1. The van der Waals surface area contributed by atoms with Gasteiger partial charge in [0.2, 0.25) is 5.89 Å². The lowest BCUT2D eigenvalue weighted by Crippen LogP contribution is -2.23. The summed E-state index contributed by atoms with van der Waals surface area (Å²) in [5.74, 6) is 1.37. The van der Waals surface area contributed by atoms with Crippen LogP contribution in [-0.4, -0.2) is 24.5 Å². The van der Waals surface area contributed by atoms with Gasteiger partial charge in [0.1, 0.15) is 5.76 Å². The van der Waals surface area contributed by atoms with E-state index in [2.05, 4.69) is 48.5 Å². The summed E-state index contributed by atoms with van der Waals surface area (Å²) in [7, 11) is 1.86. The minimum Gasteiger partial charge on any atom is -0.498 e. The minimum atomic E-state index is -0.329. The highest BCUT2D eigenvalue weighted by Gasteiger charge is 2.23. The van der Waals surface area contributed by atoms with Crippen molar-refractivity contribution in [1.29, 1.82) is 0 Å². The Bertz CT molecular complexity index is 1350. The van der Waals surface area contributed by atoms with Gasteiger partial charge in [-0.15, -0.1) is 0 Å². The van der Waals surface area contributed by atoms with Crippen LogP contribution in [0.4, 0.5) is 5.69 Å².